The molecule has 0 radical (unpaired) electrons. The summed E-state index contributed by atoms with van der Waals surface area (Å²) >= 11 is 0. The first-order chi connectivity index (χ1) is 8.66. The second kappa shape index (κ2) is 5.83. The Morgan fingerprint density at radius 3 is 2.83 bits per heavy atom. The van der Waals surface area contributed by atoms with Crippen LogP contribution in [0.3, 0.4) is 0 Å². The van der Waals surface area contributed by atoms with Gasteiger partial charge in [0.15, 0.2) is 0 Å². The van der Waals surface area contributed by atoms with Crippen molar-refractivity contribution in [3.63, 3.8) is 0 Å². The van der Waals surface area contributed by atoms with Crippen LogP contribution in [0.5, 0.6) is 0 Å². The Labute approximate surface area is 108 Å². The van der Waals surface area contributed by atoms with Crippen molar-refractivity contribution in [2.75, 3.05) is 6.54 Å². The van der Waals surface area contributed by atoms with Gasteiger partial charge in [0.05, 0.1) is 6.04 Å². The van der Waals surface area contributed by atoms with Crippen LogP contribution in [-0.4, -0.2) is 18.5 Å². The summed E-state index contributed by atoms with van der Waals surface area (Å²) < 4.78 is 0. The molecule has 0 bridgehead atoms. The lowest BCUT2D eigenvalue weighted by Gasteiger charge is -2.25. The number of benzene rings is 1. The van der Waals surface area contributed by atoms with Crippen LogP contribution in [-0.2, 0) is 17.8 Å². The van der Waals surface area contributed by atoms with Crippen LogP contribution in [0.1, 0.15) is 25.0 Å². The summed E-state index contributed by atoms with van der Waals surface area (Å²) in [6.45, 7) is 5.44. The number of hydrogen-bond donors (Lipinski definition) is 2. The first kappa shape index (κ1) is 12.8. The van der Waals surface area contributed by atoms with Gasteiger partial charge in [-0.15, -0.1) is 0 Å². The molecule has 0 aliphatic carbocycles. The van der Waals surface area contributed by atoms with Gasteiger partial charge in [-0.2, -0.15) is 0 Å². The Morgan fingerprint density at radius 2 is 2.11 bits per heavy atom. The topological polar surface area (TPSA) is 41.1 Å². The highest BCUT2D eigenvalue weighted by molar-refractivity contribution is 5.82. The molecular weight excluding hydrogens is 224 g/mol. The molecule has 1 aliphatic heterocycles. The Kier molecular flexibility index (Phi) is 4.15. The molecule has 2 N–H and O–H groups in total. The maximum atomic E-state index is 12.0. The van der Waals surface area contributed by atoms with Gasteiger partial charge in [0.2, 0.25) is 5.91 Å². The summed E-state index contributed by atoms with van der Waals surface area (Å²) in [4.78, 5) is 12.0. The van der Waals surface area contributed by atoms with Crippen molar-refractivity contribution in [3.8, 4) is 0 Å². The Hall–Kier alpha value is -1.61. The lowest BCUT2D eigenvalue weighted by atomic mass is 9.95. The molecule has 0 saturated heterocycles. The number of amides is 1. The van der Waals surface area contributed by atoms with Gasteiger partial charge in [-0.1, -0.05) is 35.9 Å². The van der Waals surface area contributed by atoms with Crippen LogP contribution < -0.4 is 10.6 Å². The maximum absolute atomic E-state index is 12.0. The molecule has 1 aromatic carbocycles. The Morgan fingerprint density at radius 1 is 1.39 bits per heavy atom. The van der Waals surface area contributed by atoms with Gasteiger partial charge < -0.3 is 10.6 Å². The van der Waals surface area contributed by atoms with Crippen molar-refractivity contribution in [2.24, 2.45) is 0 Å². The predicted octanol–water partition coefficient (Wildman–Crippen LogP) is 1.78. The quantitative estimate of drug-likeness (QED) is 0.796. The van der Waals surface area contributed by atoms with Crippen molar-refractivity contribution in [1.29, 1.82) is 0 Å². The van der Waals surface area contributed by atoms with Gasteiger partial charge in [-0.05, 0) is 31.4 Å². The fourth-order valence-corrected chi connectivity index (χ4v) is 2.12. The predicted molar refractivity (Wildman–Crippen MR) is 73.2 cm³/mol. The van der Waals surface area contributed by atoms with Gasteiger partial charge in [-0.25, -0.2) is 0 Å². The first-order valence-corrected chi connectivity index (χ1v) is 6.38. The highest BCUT2D eigenvalue weighted by atomic mass is 16.2. The van der Waals surface area contributed by atoms with E-state index in [4.69, 9.17) is 0 Å². The third-order valence-corrected chi connectivity index (χ3v) is 3.18. The van der Waals surface area contributed by atoms with Gasteiger partial charge >= 0.3 is 0 Å². The number of carbonyl (C=O) groups is 1. The van der Waals surface area contributed by atoms with Crippen LogP contribution in [0.25, 0.3) is 0 Å². The van der Waals surface area contributed by atoms with Crippen molar-refractivity contribution in [2.45, 2.75) is 32.9 Å². The number of hydrogen-bond acceptors (Lipinski definition) is 2. The zero-order valence-electron chi connectivity index (χ0n) is 11.0. The molecule has 1 aromatic rings. The molecular formula is C15H20N2O. The van der Waals surface area contributed by atoms with Crippen LogP contribution in [0.2, 0.25) is 0 Å². The van der Waals surface area contributed by atoms with Gasteiger partial charge in [0.1, 0.15) is 0 Å². The third kappa shape index (κ3) is 3.20. The fourth-order valence-electron chi connectivity index (χ4n) is 2.12. The van der Waals surface area contributed by atoms with Crippen LogP contribution in [0, 0.1) is 0 Å². The van der Waals surface area contributed by atoms with E-state index in [0.717, 1.165) is 13.0 Å². The molecule has 1 amide bonds. The monoisotopic (exact) mass is 244 g/mol. The summed E-state index contributed by atoms with van der Waals surface area (Å²) in [6.07, 6.45) is 2.80. The van der Waals surface area contributed by atoms with Gasteiger partial charge in [0.25, 0.3) is 0 Å². The van der Waals surface area contributed by atoms with E-state index >= 15 is 0 Å². The molecule has 0 unspecified atom stereocenters. The lowest BCUT2D eigenvalue weighted by Crippen LogP contribution is -2.47. The molecule has 1 aliphatic rings. The summed E-state index contributed by atoms with van der Waals surface area (Å²) in [5, 5.41) is 6.22. The highest BCUT2D eigenvalue weighted by Crippen LogP contribution is 2.16. The highest BCUT2D eigenvalue weighted by Gasteiger charge is 2.23. The lowest BCUT2D eigenvalue weighted by molar-refractivity contribution is -0.123. The normalized spacial score (nSPS) is 17.8. The second-order valence-corrected chi connectivity index (χ2v) is 4.93. The summed E-state index contributed by atoms with van der Waals surface area (Å²) in [5.41, 5.74) is 3.79. The minimum atomic E-state index is -0.106. The number of allylic oxidation sites excluding steroid dienone is 1. The molecule has 0 aromatic heterocycles. The van der Waals surface area contributed by atoms with Crippen molar-refractivity contribution >= 4 is 5.91 Å². The van der Waals surface area contributed by atoms with E-state index in [1.165, 1.54) is 16.7 Å². The standard InChI is InChI=1S/C15H20N2O/c1-11(2)7-8-16-15(18)14-9-12-5-3-4-6-13(12)10-17-14/h3-7,14,17H,8-10H2,1-2H3,(H,16,18)/t14-/m1/s1. The summed E-state index contributed by atoms with van der Waals surface area (Å²) in [7, 11) is 0. The van der Waals surface area contributed by atoms with Gasteiger partial charge in [-0.3, -0.25) is 4.79 Å². The molecule has 96 valence electrons. The molecule has 18 heavy (non-hydrogen) atoms. The van der Waals surface area contributed by atoms with E-state index in [2.05, 4.69) is 22.8 Å². The van der Waals surface area contributed by atoms with Gasteiger partial charge in [0, 0.05) is 13.1 Å². The minimum Gasteiger partial charge on any atom is -0.351 e. The average Bonchev–Trinajstić information content (AvgIpc) is 2.37. The van der Waals surface area contributed by atoms with E-state index in [-0.39, 0.29) is 11.9 Å². The molecule has 3 nitrogen and oxygen atoms in total. The Bertz CT molecular complexity index is 461. The number of carbonyl (C=O) groups excluding carboxylic acids is 1. The van der Waals surface area contributed by atoms with E-state index < -0.39 is 0 Å². The van der Waals surface area contributed by atoms with Crippen LogP contribution >= 0.6 is 0 Å². The van der Waals surface area contributed by atoms with Crippen molar-refractivity contribution in [1.82, 2.24) is 10.6 Å². The molecule has 3 heteroatoms. The van der Waals surface area contributed by atoms with E-state index in [1.807, 2.05) is 32.1 Å². The first-order valence-electron chi connectivity index (χ1n) is 6.38. The van der Waals surface area contributed by atoms with E-state index in [1.54, 1.807) is 0 Å². The fraction of sp³-hybridized carbons (Fsp3) is 0.400. The number of nitrogens with one attached hydrogen (secondary N) is 2. The maximum Gasteiger partial charge on any atom is 0.237 e. The second-order valence-electron chi connectivity index (χ2n) is 4.93. The molecule has 2 rings (SSSR count). The summed E-state index contributed by atoms with van der Waals surface area (Å²) in [5.74, 6) is 0.0852. The minimum absolute atomic E-state index is 0.0852. The molecule has 1 heterocycles. The number of fused-ring (bicyclic) bond motifs is 1. The summed E-state index contributed by atoms with van der Waals surface area (Å²) in [6, 6.07) is 8.18. The zero-order chi connectivity index (χ0) is 13.0. The molecule has 0 spiro atoms. The SMILES string of the molecule is CC(C)=CCNC(=O)[C@H]1Cc2ccccc2CN1. The van der Waals surface area contributed by atoms with Crippen LogP contribution in [0.15, 0.2) is 35.9 Å². The smallest absolute Gasteiger partial charge is 0.237 e. The van der Waals surface area contributed by atoms with Crippen molar-refractivity contribution < 1.29 is 4.79 Å². The molecule has 0 saturated carbocycles. The average molecular weight is 244 g/mol. The van der Waals surface area contributed by atoms with Crippen LogP contribution in [0.4, 0.5) is 0 Å². The van der Waals surface area contributed by atoms with E-state index in [9.17, 15) is 4.79 Å². The largest absolute Gasteiger partial charge is 0.351 e. The molecule has 1 atom stereocenters. The van der Waals surface area contributed by atoms with Crippen molar-refractivity contribution in [3.05, 3.63) is 47.0 Å². The zero-order valence-corrected chi connectivity index (χ0v) is 11.0. The van der Waals surface area contributed by atoms with E-state index in [0.29, 0.717) is 6.54 Å². The number of rotatable bonds is 3. The molecule has 0 fully saturated rings. The Balaban J connectivity index is 1.92. The third-order valence-electron chi connectivity index (χ3n) is 3.18.